The molecule has 8 rings (SSSR count). The number of aliphatic hydroxyl groups is 11. The number of nitrogens with two attached hydrogens (primary N) is 1. The van der Waals surface area contributed by atoms with Crippen LogP contribution in [-0.2, 0) is 136 Å². The number of aryl methyl sites for hydroxylation is 1. The molecule has 0 saturated carbocycles. The van der Waals surface area contributed by atoms with Gasteiger partial charge in [0.15, 0.2) is 5.60 Å². The Hall–Kier alpha value is -9.99. The number of aliphatic hydroxyl groups excluding tert-OH is 10. The lowest BCUT2D eigenvalue weighted by Gasteiger charge is -2.33. The number of halogens is 1. The number of anilines is 1. The number of primary amides is 1. The Labute approximate surface area is 838 Å². The molecule has 49 heteroatoms. The van der Waals surface area contributed by atoms with Gasteiger partial charge in [0.05, 0.1) is 219 Å². The molecule has 0 unspecified atom stereocenters. The van der Waals surface area contributed by atoms with Crippen LogP contribution in [0.1, 0.15) is 130 Å². The highest BCUT2D eigenvalue weighted by atomic mass is 19.1. The van der Waals surface area contributed by atoms with E-state index < -0.39 is 182 Å². The molecular weight excluding hydrogens is 1920 g/mol. The number of aromatic nitrogens is 2. The van der Waals surface area contributed by atoms with Gasteiger partial charge in [0.1, 0.15) is 73.8 Å². The molecule has 812 valence electrons. The van der Waals surface area contributed by atoms with Gasteiger partial charge >= 0.3 is 18.1 Å². The third-order valence-corrected chi connectivity index (χ3v) is 24.4. The minimum Gasteiger partial charge on any atom is -0.458 e. The molecule has 0 fully saturated rings. The number of carbonyl (C=O) groups excluding carboxylic acids is 10. The first-order valence-electron chi connectivity index (χ1n) is 48.9. The van der Waals surface area contributed by atoms with Gasteiger partial charge in [0.2, 0.25) is 29.5 Å². The summed E-state index contributed by atoms with van der Waals surface area (Å²) in [6.07, 6.45) is -11.6. The standard InChI is InChI=1S/C96H145FN12O36/c1-5-96(131)66-50-72-84-64(52-109(72)92(127)65(66)58-144-93(96)128)82-68(17-16-63-60(4)67(97)51-71(103-84)81(63)82)105-95(130)145-57-61-12-14-62(15-13-61)101-89(124)69(10-9-22-100-94(98)129)104-91(126)83(59(2)3)106-90(125)70(102-78(117)11-7-6-8-24-108-79(118)20-21-80(108)119)18-19-77(116)99-23-26-132-28-30-134-32-34-136-36-38-138-40-42-140-44-46-142-48-49-143-47-45-141-43-41-139-39-37-137-35-33-135-31-29-133-27-25-107(53-73(112)85(120)87(122)75(114)55-110)54-74(113)86(121)88(123)76(115)56-111/h12-15,20-21,50-51,59,68-70,73-76,83,85-88,110-115,120-123,131H,5-11,16-19,22-49,52-58H2,1-4H3,(H,99,116)(H,101,124)(H,102,117)(H,104,126)(H,105,130)(H,106,125)(H3,98,100,129)/t68-,69-,70-,73-,74-,75+,76+,83-,85+,86+,87+,88+,96-/m0/s1. The Morgan fingerprint density at radius 2 is 1.08 bits per heavy atom. The minimum absolute atomic E-state index is 0.00175. The molecule has 2 aromatic heterocycles. The van der Waals surface area contributed by atoms with Crippen LogP contribution in [0, 0.1) is 18.7 Å². The summed E-state index contributed by atoms with van der Waals surface area (Å²) in [6, 6.07) is 3.68. The molecule has 145 heavy (non-hydrogen) atoms. The summed E-state index contributed by atoms with van der Waals surface area (Å²) in [5, 5.41) is 130. The van der Waals surface area contributed by atoms with Gasteiger partial charge in [0, 0.05) is 92.5 Å². The van der Waals surface area contributed by atoms with Crippen LogP contribution >= 0.6 is 0 Å². The molecule has 20 N–H and O–H groups in total. The number of carbonyl (C=O) groups is 10. The highest BCUT2D eigenvalue weighted by molar-refractivity contribution is 6.13. The Morgan fingerprint density at radius 3 is 1.58 bits per heavy atom. The summed E-state index contributed by atoms with van der Waals surface area (Å²) in [5.41, 5.74) is 6.99. The Bertz CT molecular complexity index is 4790. The van der Waals surface area contributed by atoms with Crippen molar-refractivity contribution in [1.82, 2.24) is 51.3 Å². The average molecular weight is 2060 g/mol. The van der Waals surface area contributed by atoms with Gasteiger partial charge in [-0.3, -0.25) is 48.2 Å². The number of hydrogen-bond acceptors (Lipinski definition) is 38. The fraction of sp³-hybridized carbons (Fsp3) is 0.667. The van der Waals surface area contributed by atoms with Crippen molar-refractivity contribution in [2.45, 2.75) is 197 Å². The lowest BCUT2D eigenvalue weighted by Crippen LogP contribution is -2.58. The van der Waals surface area contributed by atoms with Gasteiger partial charge in [0.25, 0.3) is 17.4 Å². The fourth-order valence-electron chi connectivity index (χ4n) is 16.2. The van der Waals surface area contributed by atoms with Gasteiger partial charge < -0.3 is 170 Å². The zero-order valence-corrected chi connectivity index (χ0v) is 82.5. The first kappa shape index (κ1) is 120. The maximum absolute atomic E-state index is 15.6. The number of imide groups is 1. The predicted octanol–water partition coefficient (Wildman–Crippen LogP) is -3.31. The first-order chi connectivity index (χ1) is 69.7. The topological polar surface area (TPSA) is 674 Å². The second kappa shape index (κ2) is 64.3. The van der Waals surface area contributed by atoms with Crippen molar-refractivity contribution in [3.63, 3.8) is 0 Å². The summed E-state index contributed by atoms with van der Waals surface area (Å²) in [7, 11) is 0. The number of urea groups is 1. The van der Waals surface area contributed by atoms with Crippen LogP contribution in [0.4, 0.5) is 19.7 Å². The summed E-state index contributed by atoms with van der Waals surface area (Å²) in [5.74, 6) is -6.19. The summed E-state index contributed by atoms with van der Waals surface area (Å²) < 4.78 is 94.6. The molecule has 13 atom stereocenters. The van der Waals surface area contributed by atoms with Crippen LogP contribution in [0.3, 0.4) is 0 Å². The smallest absolute Gasteiger partial charge is 0.407 e. The molecule has 0 bridgehead atoms. The van der Waals surface area contributed by atoms with E-state index >= 15 is 4.39 Å². The number of amides is 10. The van der Waals surface area contributed by atoms with Crippen molar-refractivity contribution in [2.24, 2.45) is 11.7 Å². The van der Waals surface area contributed by atoms with Crippen LogP contribution in [0.25, 0.3) is 22.3 Å². The Morgan fingerprint density at radius 1 is 0.572 bits per heavy atom. The average Bonchev–Trinajstić information content (AvgIpc) is 1.68. The van der Waals surface area contributed by atoms with Gasteiger partial charge in [-0.05, 0) is 105 Å². The van der Waals surface area contributed by atoms with E-state index in [0.717, 1.165) is 4.90 Å². The number of alkyl carbamates (subject to hydrolysis) is 1. The number of hydrogen-bond donors (Lipinski definition) is 19. The van der Waals surface area contributed by atoms with E-state index in [9.17, 15) is 98.7 Å². The van der Waals surface area contributed by atoms with Crippen molar-refractivity contribution in [3.8, 4) is 11.4 Å². The second-order valence-corrected chi connectivity index (χ2v) is 35.2. The quantitative estimate of drug-likeness (QED) is 0.0103. The number of nitrogens with one attached hydrogen (secondary N) is 7. The molecule has 4 aromatic rings. The van der Waals surface area contributed by atoms with Crippen LogP contribution in [0.5, 0.6) is 0 Å². The van der Waals surface area contributed by atoms with Crippen molar-refractivity contribution in [1.29, 1.82) is 0 Å². The number of nitrogens with zero attached hydrogens (tertiary/aromatic N) is 4. The lowest BCUT2D eigenvalue weighted by molar-refractivity contribution is -0.172. The van der Waals surface area contributed by atoms with E-state index in [1.165, 1.54) is 27.7 Å². The second-order valence-electron chi connectivity index (χ2n) is 35.2. The highest BCUT2D eigenvalue weighted by Crippen LogP contribution is 2.46. The lowest BCUT2D eigenvalue weighted by atomic mass is 9.81. The summed E-state index contributed by atoms with van der Waals surface area (Å²) in [4.78, 5) is 154. The van der Waals surface area contributed by atoms with E-state index in [-0.39, 0.29) is 166 Å². The summed E-state index contributed by atoms with van der Waals surface area (Å²) in [6.45, 7) is 10.6. The van der Waals surface area contributed by atoms with Crippen molar-refractivity contribution >= 4 is 76.0 Å². The van der Waals surface area contributed by atoms with E-state index in [1.54, 1.807) is 58.0 Å². The molecule has 0 spiro atoms. The molecule has 3 aliphatic heterocycles. The molecule has 0 radical (unpaired) electrons. The SMILES string of the molecule is CC[C@@]1(O)C(=O)OCc2c1cc1n(c2=O)Cc2c-1nc1cc(F)c(C)c3c1c2[C@@H](NC(=O)OCc1ccc(NC(=O)[C@H](CCCNC(N)=O)NC(=O)[C@@H](NC(=O)[C@H](CCC(=O)NCCOCCOCCOCCOCCOCCOCCOCCOCCOCCOCCOCCOCCN(C[C@H](O)[C@@H](O)[C@H](O)[C@H](O)CO)C[C@H](O)[C@@H](O)[C@H](O)[C@H](O)CO)NC(=O)CCCCCN2C(=O)C=CC2=O)C(C)C)cc1)CC3. The largest absolute Gasteiger partial charge is 0.458 e. The zero-order chi connectivity index (χ0) is 105. The Balaban J connectivity index is 0.652. The summed E-state index contributed by atoms with van der Waals surface area (Å²) >= 11 is 0. The predicted molar refractivity (Wildman–Crippen MR) is 511 cm³/mol. The fourth-order valence-corrected chi connectivity index (χ4v) is 16.2. The minimum atomic E-state index is -2.09. The number of esters is 1. The van der Waals surface area contributed by atoms with Gasteiger partial charge in [-0.1, -0.05) is 39.3 Å². The molecule has 10 amide bonds. The molecule has 2 aromatic carbocycles. The van der Waals surface area contributed by atoms with Crippen molar-refractivity contribution < 1.29 is 175 Å². The number of benzene rings is 2. The van der Waals surface area contributed by atoms with E-state index in [1.807, 2.05) is 0 Å². The molecule has 1 aliphatic carbocycles. The van der Waals surface area contributed by atoms with Gasteiger partial charge in [-0.2, -0.15) is 0 Å². The molecule has 0 saturated heterocycles. The van der Waals surface area contributed by atoms with Gasteiger partial charge in [-0.25, -0.2) is 23.8 Å². The zero-order valence-electron chi connectivity index (χ0n) is 82.5. The maximum Gasteiger partial charge on any atom is 0.407 e. The number of unbranched alkanes of at least 4 members (excludes halogenated alkanes) is 2. The first-order valence-corrected chi connectivity index (χ1v) is 48.9. The van der Waals surface area contributed by atoms with Crippen LogP contribution < -0.4 is 48.5 Å². The Kier molecular flexibility index (Phi) is 53.3. The number of rotatable bonds is 76. The molecular formula is C96H145FN12O36. The number of fused-ring (bicyclic) bond motifs is 5. The van der Waals surface area contributed by atoms with Crippen LogP contribution in [-0.4, -0.2) is 413 Å². The van der Waals surface area contributed by atoms with Crippen molar-refractivity contribution in [2.75, 3.05) is 216 Å². The normalized spacial score (nSPS) is 17.0. The van der Waals surface area contributed by atoms with Crippen molar-refractivity contribution in [3.05, 3.63) is 104 Å². The maximum atomic E-state index is 15.6. The number of ether oxygens (including phenoxy) is 14. The van der Waals surface area contributed by atoms with Crippen LogP contribution in [0.2, 0.25) is 0 Å². The molecule has 4 aliphatic rings. The van der Waals surface area contributed by atoms with E-state index in [0.29, 0.717) is 176 Å². The van der Waals surface area contributed by atoms with Crippen LogP contribution in [0.15, 0.2) is 53.3 Å². The number of pyridine rings is 2. The monoisotopic (exact) mass is 2060 g/mol. The third-order valence-electron chi connectivity index (χ3n) is 24.4. The third kappa shape index (κ3) is 38.9. The molecule has 5 heterocycles. The highest BCUT2D eigenvalue weighted by Gasteiger charge is 2.47. The number of cyclic esters (lactones) is 1. The molecule has 48 nitrogen and oxygen atoms in total. The van der Waals surface area contributed by atoms with E-state index in [2.05, 4.69) is 37.2 Å². The van der Waals surface area contributed by atoms with Gasteiger partial charge in [-0.15, -0.1) is 0 Å². The van der Waals surface area contributed by atoms with E-state index in [4.69, 9.17) is 87.2 Å².